The second-order valence-corrected chi connectivity index (χ2v) is 1.18. The van der Waals surface area contributed by atoms with E-state index < -0.39 is 0 Å². The smallest absolute Gasteiger partial charge is 0.132 e. The Bertz CT molecular complexity index is 53.7. The topological polar surface area (TPSA) is 37.3 Å². The molecule has 3 heteroatoms. The van der Waals surface area contributed by atoms with Crippen LogP contribution in [0.15, 0.2) is 0 Å². The van der Waals surface area contributed by atoms with Crippen LogP contribution in [0, 0.1) is 0 Å². The molecule has 0 saturated heterocycles. The van der Waals surface area contributed by atoms with Gasteiger partial charge in [-0.3, -0.25) is 4.79 Å². The van der Waals surface area contributed by atoms with Gasteiger partial charge in [-0.2, -0.15) is 0 Å². The summed E-state index contributed by atoms with van der Waals surface area (Å²) in [6.45, 7) is 1.44. The zero-order valence-corrected chi connectivity index (χ0v) is 4.99. The first-order chi connectivity index (χ1) is 2.77. The van der Waals surface area contributed by atoms with Crippen LogP contribution in [0.1, 0.15) is 13.3 Å². The van der Waals surface area contributed by atoms with Crippen LogP contribution in [0.3, 0.4) is 0 Å². The highest BCUT2D eigenvalue weighted by Gasteiger charge is 1.84. The Morgan fingerprint density at radius 1 is 1.71 bits per heavy atom. The molecule has 1 N–H and O–H groups in total. The number of hydrogen-bond donors (Lipinski definition) is 1. The van der Waals surface area contributed by atoms with Crippen molar-refractivity contribution in [3.8, 4) is 0 Å². The molecule has 2 nitrogen and oxygen atoms in total. The van der Waals surface area contributed by atoms with Crippen LogP contribution in [-0.4, -0.2) is 17.5 Å². The van der Waals surface area contributed by atoms with Crippen molar-refractivity contribution in [3.63, 3.8) is 0 Å². The second kappa shape index (κ2) is 5.92. The number of hydrogen-bond acceptors (Lipinski definition) is 2. The van der Waals surface area contributed by atoms with E-state index in [-0.39, 0.29) is 24.8 Å². The summed E-state index contributed by atoms with van der Waals surface area (Å²) in [7, 11) is 0. The lowest BCUT2D eigenvalue weighted by atomic mass is 10.3. The van der Waals surface area contributed by atoms with Gasteiger partial charge in [-0.15, -0.1) is 12.4 Å². The SMILES string of the molecule is CC(=O)CCO.Cl. The van der Waals surface area contributed by atoms with E-state index in [9.17, 15) is 4.79 Å². The Labute approximate surface area is 48.9 Å². The first-order valence-electron chi connectivity index (χ1n) is 1.87. The molecule has 0 bridgehead atoms. The molecule has 7 heavy (non-hydrogen) atoms. The number of ketones is 1. The summed E-state index contributed by atoms with van der Waals surface area (Å²) in [5.74, 6) is 0.0394. The molecular formula is C4H9ClO2. The van der Waals surface area contributed by atoms with Gasteiger partial charge in [-0.05, 0) is 6.92 Å². The van der Waals surface area contributed by atoms with Crippen molar-refractivity contribution in [2.45, 2.75) is 13.3 Å². The van der Waals surface area contributed by atoms with E-state index in [1.54, 1.807) is 0 Å². The average Bonchev–Trinajstić information content (AvgIpc) is 1.35. The highest BCUT2D eigenvalue weighted by Crippen LogP contribution is 1.74. The van der Waals surface area contributed by atoms with Crippen molar-refractivity contribution in [2.24, 2.45) is 0 Å². The molecule has 0 radical (unpaired) electrons. The summed E-state index contributed by atoms with van der Waals surface area (Å²) >= 11 is 0. The normalized spacial score (nSPS) is 7.14. The molecule has 0 saturated carbocycles. The zero-order valence-electron chi connectivity index (χ0n) is 4.18. The van der Waals surface area contributed by atoms with Gasteiger partial charge in [0, 0.05) is 13.0 Å². The van der Waals surface area contributed by atoms with E-state index in [1.165, 1.54) is 6.92 Å². The van der Waals surface area contributed by atoms with Crippen molar-refractivity contribution in [3.05, 3.63) is 0 Å². The Hall–Kier alpha value is -0.0800. The summed E-state index contributed by atoms with van der Waals surface area (Å²) in [6, 6.07) is 0. The first kappa shape index (κ1) is 10.0. The third-order valence-corrected chi connectivity index (χ3v) is 0.464. The molecule has 0 aliphatic heterocycles. The molecule has 0 fully saturated rings. The van der Waals surface area contributed by atoms with Crippen LogP contribution >= 0.6 is 12.4 Å². The zero-order chi connectivity index (χ0) is 4.99. The number of aliphatic hydroxyl groups excluding tert-OH is 1. The standard InChI is InChI=1S/C4H8O2.ClH/c1-4(6)2-3-5;/h5H,2-3H2,1H3;1H. The van der Waals surface area contributed by atoms with Crippen molar-refractivity contribution in [1.82, 2.24) is 0 Å². The maximum atomic E-state index is 9.88. The largest absolute Gasteiger partial charge is 0.396 e. The molecule has 0 heterocycles. The second-order valence-electron chi connectivity index (χ2n) is 1.18. The first-order valence-corrected chi connectivity index (χ1v) is 1.87. The minimum atomic E-state index is -0.0185. The Morgan fingerprint density at radius 3 is 2.14 bits per heavy atom. The number of halogens is 1. The predicted molar refractivity (Wildman–Crippen MR) is 29.6 cm³/mol. The van der Waals surface area contributed by atoms with Crippen molar-refractivity contribution >= 4 is 18.2 Å². The Balaban J connectivity index is 0. The van der Waals surface area contributed by atoms with Gasteiger partial charge in [0.25, 0.3) is 0 Å². The Kier molecular flexibility index (Phi) is 8.47. The van der Waals surface area contributed by atoms with Crippen LogP contribution in [0.5, 0.6) is 0 Å². The summed E-state index contributed by atoms with van der Waals surface area (Å²) in [4.78, 5) is 9.88. The fourth-order valence-corrected chi connectivity index (χ4v) is 0.157. The quantitative estimate of drug-likeness (QED) is 0.578. The maximum absolute atomic E-state index is 9.88. The fourth-order valence-electron chi connectivity index (χ4n) is 0.157. The fraction of sp³-hybridized carbons (Fsp3) is 0.750. The lowest BCUT2D eigenvalue weighted by Gasteiger charge is -1.80. The molecule has 0 aromatic rings. The molecular weight excluding hydrogens is 115 g/mol. The maximum Gasteiger partial charge on any atom is 0.132 e. The van der Waals surface area contributed by atoms with E-state index in [2.05, 4.69) is 0 Å². The molecule has 0 amide bonds. The number of carbonyl (C=O) groups excluding carboxylic acids is 1. The lowest BCUT2D eigenvalue weighted by Crippen LogP contribution is -1.92. The third-order valence-electron chi connectivity index (χ3n) is 0.464. The molecule has 44 valence electrons. The molecule has 0 unspecified atom stereocenters. The number of aliphatic hydroxyl groups is 1. The third kappa shape index (κ3) is 10.7. The molecule has 0 atom stereocenters. The van der Waals surface area contributed by atoms with Gasteiger partial charge in [0.1, 0.15) is 5.78 Å². The summed E-state index contributed by atoms with van der Waals surface area (Å²) in [5, 5.41) is 8.02. The minimum Gasteiger partial charge on any atom is -0.396 e. The van der Waals surface area contributed by atoms with E-state index in [1.807, 2.05) is 0 Å². The van der Waals surface area contributed by atoms with Gasteiger partial charge in [0.15, 0.2) is 0 Å². The molecule has 0 aliphatic carbocycles. The molecule has 0 rings (SSSR count). The van der Waals surface area contributed by atoms with Crippen molar-refractivity contribution in [1.29, 1.82) is 0 Å². The highest BCUT2D eigenvalue weighted by molar-refractivity contribution is 5.85. The van der Waals surface area contributed by atoms with Gasteiger partial charge < -0.3 is 5.11 Å². The lowest BCUT2D eigenvalue weighted by molar-refractivity contribution is -0.117. The van der Waals surface area contributed by atoms with Gasteiger partial charge in [0.2, 0.25) is 0 Å². The number of Topliss-reactive ketones (excluding diaryl/α,β-unsaturated/α-hetero) is 1. The monoisotopic (exact) mass is 124 g/mol. The molecule has 0 aliphatic rings. The van der Waals surface area contributed by atoms with Gasteiger partial charge in [-0.1, -0.05) is 0 Å². The van der Waals surface area contributed by atoms with Crippen molar-refractivity contribution in [2.75, 3.05) is 6.61 Å². The van der Waals surface area contributed by atoms with Crippen LogP contribution in [0.2, 0.25) is 0 Å². The van der Waals surface area contributed by atoms with E-state index >= 15 is 0 Å². The number of rotatable bonds is 2. The summed E-state index contributed by atoms with van der Waals surface area (Å²) in [6.07, 6.45) is 0.292. The molecule has 0 spiro atoms. The predicted octanol–water partition coefficient (Wildman–Crippen LogP) is 0.380. The van der Waals surface area contributed by atoms with Crippen LogP contribution in [-0.2, 0) is 4.79 Å². The van der Waals surface area contributed by atoms with Crippen molar-refractivity contribution < 1.29 is 9.90 Å². The van der Waals surface area contributed by atoms with Crippen LogP contribution in [0.25, 0.3) is 0 Å². The van der Waals surface area contributed by atoms with Crippen LogP contribution < -0.4 is 0 Å². The van der Waals surface area contributed by atoms with Gasteiger partial charge in [-0.25, -0.2) is 0 Å². The van der Waals surface area contributed by atoms with Crippen LogP contribution in [0.4, 0.5) is 0 Å². The highest BCUT2D eigenvalue weighted by atomic mass is 35.5. The van der Waals surface area contributed by atoms with Gasteiger partial charge >= 0.3 is 0 Å². The van der Waals surface area contributed by atoms with E-state index in [4.69, 9.17) is 5.11 Å². The molecule has 0 aromatic carbocycles. The summed E-state index contributed by atoms with van der Waals surface area (Å²) in [5.41, 5.74) is 0. The Morgan fingerprint density at radius 2 is 2.14 bits per heavy atom. The average molecular weight is 125 g/mol. The minimum absolute atomic E-state index is 0. The van der Waals surface area contributed by atoms with Gasteiger partial charge in [0.05, 0.1) is 0 Å². The van der Waals surface area contributed by atoms with E-state index in [0.29, 0.717) is 6.42 Å². The summed E-state index contributed by atoms with van der Waals surface area (Å²) < 4.78 is 0. The van der Waals surface area contributed by atoms with E-state index in [0.717, 1.165) is 0 Å². The number of carbonyl (C=O) groups is 1. The molecule has 0 aromatic heterocycles.